The molecule has 0 bridgehead atoms. The van der Waals surface area contributed by atoms with Crippen LogP contribution in [0.25, 0.3) is 0 Å². The fraction of sp³-hybridized carbons (Fsp3) is 0.316. The van der Waals surface area contributed by atoms with Gasteiger partial charge in [-0.3, -0.25) is 24.1 Å². The summed E-state index contributed by atoms with van der Waals surface area (Å²) in [5, 5.41) is 12.3. The van der Waals surface area contributed by atoms with Gasteiger partial charge in [-0.2, -0.15) is 13.2 Å². The fourth-order valence-electron chi connectivity index (χ4n) is 2.38. The van der Waals surface area contributed by atoms with Crippen LogP contribution in [0.2, 0.25) is 0 Å². The lowest BCUT2D eigenvalue weighted by Crippen LogP contribution is -2.51. The van der Waals surface area contributed by atoms with Crippen molar-refractivity contribution in [3.8, 4) is 0 Å². The van der Waals surface area contributed by atoms with Gasteiger partial charge in [-0.05, 0) is 5.56 Å². The Kier molecular flexibility index (Phi) is 10.0. The second-order valence-corrected chi connectivity index (χ2v) is 6.27. The van der Waals surface area contributed by atoms with E-state index in [0.29, 0.717) is 6.42 Å². The minimum Gasteiger partial charge on any atom is -0.475 e. The third-order valence-corrected chi connectivity index (χ3v) is 3.90. The summed E-state index contributed by atoms with van der Waals surface area (Å²) >= 11 is 0. The van der Waals surface area contributed by atoms with Crippen molar-refractivity contribution in [2.45, 2.75) is 18.6 Å². The Bertz CT molecular complexity index is 856. The molecule has 32 heavy (non-hydrogen) atoms. The van der Waals surface area contributed by atoms with E-state index in [4.69, 9.17) is 15.6 Å². The Morgan fingerprint density at radius 3 is 2.06 bits per heavy atom. The van der Waals surface area contributed by atoms with Gasteiger partial charge in [0.25, 0.3) is 11.8 Å². The summed E-state index contributed by atoms with van der Waals surface area (Å²) < 4.78 is 31.7. The van der Waals surface area contributed by atoms with Crippen molar-refractivity contribution < 1.29 is 42.3 Å². The molecule has 1 aromatic carbocycles. The number of carbonyl (C=O) groups excluding carboxylic acids is 4. The van der Waals surface area contributed by atoms with Gasteiger partial charge < -0.3 is 21.5 Å². The summed E-state index contributed by atoms with van der Waals surface area (Å²) in [4.78, 5) is 56.8. The highest BCUT2D eigenvalue weighted by Gasteiger charge is 2.38. The van der Waals surface area contributed by atoms with E-state index in [-0.39, 0.29) is 19.6 Å². The van der Waals surface area contributed by atoms with Crippen molar-refractivity contribution in [3.63, 3.8) is 0 Å². The molecule has 0 aromatic heterocycles. The van der Waals surface area contributed by atoms with Gasteiger partial charge in [0.2, 0.25) is 11.8 Å². The van der Waals surface area contributed by atoms with Crippen molar-refractivity contribution in [1.82, 2.24) is 15.5 Å². The minimum absolute atomic E-state index is 0.0687. The summed E-state index contributed by atoms with van der Waals surface area (Å²) in [6, 6.07) is 8.44. The SMILES string of the molecule is NCC(=O)N[C@@H](Cc1ccccc1)C(=O)NCCN1C(=O)C=CC1=O.O=C(O)C(F)(F)F. The molecule has 2 rings (SSSR count). The monoisotopic (exact) mass is 458 g/mol. The number of amides is 4. The predicted octanol–water partition coefficient (Wildman–Crippen LogP) is -0.653. The van der Waals surface area contributed by atoms with Crippen molar-refractivity contribution in [2.75, 3.05) is 19.6 Å². The van der Waals surface area contributed by atoms with Crippen LogP contribution in [0.3, 0.4) is 0 Å². The zero-order valence-electron chi connectivity index (χ0n) is 16.6. The standard InChI is InChI=1S/C17H20N4O4.C2HF3O2/c18-11-14(22)20-13(10-12-4-2-1-3-5-12)17(25)19-8-9-21-15(23)6-7-16(21)24;3-2(4,5)1(6)7/h1-7,13H,8-11,18H2,(H,19,25)(H,20,22);(H,6,7)/t13-;/m0./s1. The number of carboxylic acids is 1. The molecule has 0 saturated carbocycles. The van der Waals surface area contributed by atoms with Crippen molar-refractivity contribution in [3.05, 3.63) is 48.0 Å². The van der Waals surface area contributed by atoms with Gasteiger partial charge in [0.1, 0.15) is 6.04 Å². The van der Waals surface area contributed by atoms with Crippen LogP contribution in [0.15, 0.2) is 42.5 Å². The maximum atomic E-state index is 12.4. The van der Waals surface area contributed by atoms with E-state index in [9.17, 15) is 32.3 Å². The van der Waals surface area contributed by atoms with E-state index in [1.165, 1.54) is 12.2 Å². The second kappa shape index (κ2) is 12.2. The maximum absolute atomic E-state index is 12.4. The number of hydrogen-bond acceptors (Lipinski definition) is 6. The first-order valence-electron chi connectivity index (χ1n) is 9.10. The zero-order chi connectivity index (χ0) is 24.3. The lowest BCUT2D eigenvalue weighted by Gasteiger charge is -2.19. The number of alkyl halides is 3. The number of halogens is 3. The summed E-state index contributed by atoms with van der Waals surface area (Å²) in [6.07, 6.45) is -2.41. The normalized spacial score (nSPS) is 13.8. The van der Waals surface area contributed by atoms with Crippen molar-refractivity contribution in [1.29, 1.82) is 0 Å². The molecule has 1 heterocycles. The number of benzene rings is 1. The Hall–Kier alpha value is -3.74. The number of carboxylic acid groups (broad SMARTS) is 1. The van der Waals surface area contributed by atoms with E-state index in [0.717, 1.165) is 10.5 Å². The highest BCUT2D eigenvalue weighted by atomic mass is 19.4. The summed E-state index contributed by atoms with van der Waals surface area (Å²) in [5.41, 5.74) is 6.18. The maximum Gasteiger partial charge on any atom is 0.490 e. The van der Waals surface area contributed by atoms with E-state index in [1.54, 1.807) is 0 Å². The van der Waals surface area contributed by atoms with Gasteiger partial charge in [-0.1, -0.05) is 30.3 Å². The first-order valence-corrected chi connectivity index (χ1v) is 9.10. The van der Waals surface area contributed by atoms with Crippen LogP contribution in [0.4, 0.5) is 13.2 Å². The number of nitrogens with zero attached hydrogens (tertiary/aromatic N) is 1. The van der Waals surface area contributed by atoms with Gasteiger partial charge in [0, 0.05) is 31.7 Å². The molecule has 0 saturated heterocycles. The average Bonchev–Trinajstić information content (AvgIpc) is 3.05. The molecule has 0 fully saturated rings. The van der Waals surface area contributed by atoms with Crippen LogP contribution in [0, 0.1) is 0 Å². The molecule has 0 radical (unpaired) electrons. The number of nitrogens with two attached hydrogens (primary N) is 1. The first-order chi connectivity index (χ1) is 15.0. The summed E-state index contributed by atoms with van der Waals surface area (Å²) in [5.74, 6) is -4.41. The van der Waals surface area contributed by atoms with Gasteiger partial charge in [0.15, 0.2) is 0 Å². The largest absolute Gasteiger partial charge is 0.490 e. The van der Waals surface area contributed by atoms with Crippen LogP contribution in [0.1, 0.15) is 5.56 Å². The molecule has 13 heteroatoms. The molecule has 0 spiro atoms. The Balaban J connectivity index is 0.000000633. The molecule has 1 atom stereocenters. The van der Waals surface area contributed by atoms with E-state index >= 15 is 0 Å². The first kappa shape index (κ1) is 26.3. The Morgan fingerprint density at radius 2 is 1.59 bits per heavy atom. The molecular formula is C19H21F3N4O6. The summed E-state index contributed by atoms with van der Waals surface area (Å²) in [6.45, 7) is -0.0535. The highest BCUT2D eigenvalue weighted by molar-refractivity contribution is 6.12. The Labute approximate surface area is 180 Å². The number of imide groups is 1. The minimum atomic E-state index is -5.08. The molecule has 1 aliphatic heterocycles. The number of rotatable bonds is 8. The third kappa shape index (κ3) is 8.95. The van der Waals surface area contributed by atoms with Crippen LogP contribution in [-0.4, -0.2) is 71.5 Å². The zero-order valence-corrected chi connectivity index (χ0v) is 16.6. The molecule has 1 aromatic rings. The number of aliphatic carboxylic acids is 1. The van der Waals surface area contributed by atoms with Crippen LogP contribution >= 0.6 is 0 Å². The van der Waals surface area contributed by atoms with Gasteiger partial charge >= 0.3 is 12.1 Å². The van der Waals surface area contributed by atoms with Gasteiger partial charge in [-0.15, -0.1) is 0 Å². The fourth-order valence-corrected chi connectivity index (χ4v) is 2.38. The van der Waals surface area contributed by atoms with Crippen molar-refractivity contribution >= 4 is 29.6 Å². The smallest absolute Gasteiger partial charge is 0.475 e. The third-order valence-electron chi connectivity index (χ3n) is 3.90. The van der Waals surface area contributed by atoms with Crippen molar-refractivity contribution in [2.24, 2.45) is 5.73 Å². The molecule has 5 N–H and O–H groups in total. The molecule has 0 unspecified atom stereocenters. The topological polar surface area (TPSA) is 159 Å². The number of nitrogens with one attached hydrogen (secondary N) is 2. The van der Waals surface area contributed by atoms with Crippen LogP contribution in [-0.2, 0) is 30.4 Å². The molecule has 10 nitrogen and oxygen atoms in total. The number of hydrogen-bond donors (Lipinski definition) is 4. The quantitative estimate of drug-likeness (QED) is 0.377. The molecule has 1 aliphatic rings. The molecule has 174 valence electrons. The predicted molar refractivity (Wildman–Crippen MR) is 104 cm³/mol. The van der Waals surface area contributed by atoms with E-state index in [1.807, 2.05) is 30.3 Å². The van der Waals surface area contributed by atoms with Crippen LogP contribution in [0.5, 0.6) is 0 Å². The molecule has 0 aliphatic carbocycles. The Morgan fingerprint density at radius 1 is 1.06 bits per heavy atom. The lowest BCUT2D eigenvalue weighted by atomic mass is 10.1. The van der Waals surface area contributed by atoms with E-state index in [2.05, 4.69) is 10.6 Å². The van der Waals surface area contributed by atoms with E-state index < -0.39 is 41.8 Å². The van der Waals surface area contributed by atoms with Gasteiger partial charge in [0.05, 0.1) is 6.54 Å². The highest BCUT2D eigenvalue weighted by Crippen LogP contribution is 2.13. The lowest BCUT2D eigenvalue weighted by molar-refractivity contribution is -0.192. The van der Waals surface area contributed by atoms with Crippen LogP contribution < -0.4 is 16.4 Å². The second-order valence-electron chi connectivity index (χ2n) is 6.27. The number of carbonyl (C=O) groups is 5. The summed E-state index contributed by atoms with van der Waals surface area (Å²) in [7, 11) is 0. The molecule has 4 amide bonds. The van der Waals surface area contributed by atoms with Gasteiger partial charge in [-0.25, -0.2) is 4.79 Å². The molecular weight excluding hydrogens is 437 g/mol. The average molecular weight is 458 g/mol.